The van der Waals surface area contributed by atoms with Crippen LogP contribution in [-0.4, -0.2) is 127 Å². The van der Waals surface area contributed by atoms with Crippen molar-refractivity contribution >= 4 is 34.7 Å². The summed E-state index contributed by atoms with van der Waals surface area (Å²) in [7, 11) is 0. The fourth-order valence-electron chi connectivity index (χ4n) is 7.66. The van der Waals surface area contributed by atoms with Crippen LogP contribution < -0.4 is 15.8 Å². The zero-order valence-corrected chi connectivity index (χ0v) is 34.4. The predicted molar refractivity (Wildman–Crippen MR) is 219 cm³/mol. The van der Waals surface area contributed by atoms with Gasteiger partial charge >= 0.3 is 0 Å². The minimum absolute atomic E-state index is 0.0142. The molecule has 15 heteroatoms. The number of carbonyl (C=O) groups is 2. The van der Waals surface area contributed by atoms with E-state index >= 15 is 4.39 Å². The Bertz CT molecular complexity index is 1860. The van der Waals surface area contributed by atoms with Crippen LogP contribution in [0, 0.1) is 11.7 Å². The fourth-order valence-corrected chi connectivity index (χ4v) is 8.64. The molecule has 0 unspecified atom stereocenters. The molecule has 3 aliphatic rings. The van der Waals surface area contributed by atoms with Crippen LogP contribution in [0.15, 0.2) is 40.7 Å². The molecule has 13 nitrogen and oxygen atoms in total. The summed E-state index contributed by atoms with van der Waals surface area (Å²) in [5.74, 6) is 1.19. The number of benzene rings is 2. The van der Waals surface area contributed by atoms with Crippen molar-refractivity contribution in [2.75, 3.05) is 78.8 Å². The second kappa shape index (κ2) is 20.0. The molecule has 3 aliphatic heterocycles. The van der Waals surface area contributed by atoms with Crippen LogP contribution in [-0.2, 0) is 40.1 Å². The number of nitrogens with two attached hydrogens (primary N) is 1. The predicted octanol–water partition coefficient (Wildman–Crippen LogP) is 4.70. The highest BCUT2D eigenvalue weighted by atomic mass is 32.1. The second-order valence-electron chi connectivity index (χ2n) is 15.5. The third-order valence-corrected chi connectivity index (χ3v) is 11.7. The summed E-state index contributed by atoms with van der Waals surface area (Å²) < 4.78 is 33.5. The fraction of sp³-hybridized carbons (Fsp3) is 0.571. The van der Waals surface area contributed by atoms with Crippen molar-refractivity contribution in [2.45, 2.75) is 71.4 Å². The summed E-state index contributed by atoms with van der Waals surface area (Å²) in [6.07, 6.45) is 3.77. The first kappa shape index (κ1) is 42.5. The van der Waals surface area contributed by atoms with Crippen LogP contribution in [0.4, 0.5) is 10.1 Å². The van der Waals surface area contributed by atoms with E-state index in [0.717, 1.165) is 42.9 Å². The molecule has 0 aliphatic carbocycles. The van der Waals surface area contributed by atoms with E-state index in [-0.39, 0.29) is 48.6 Å². The van der Waals surface area contributed by atoms with Crippen LogP contribution in [0.2, 0.25) is 0 Å². The third kappa shape index (κ3) is 11.3. The summed E-state index contributed by atoms with van der Waals surface area (Å²) >= 11 is 1.55. The van der Waals surface area contributed by atoms with Gasteiger partial charge < -0.3 is 40.2 Å². The molecule has 0 radical (unpaired) electrons. The van der Waals surface area contributed by atoms with Gasteiger partial charge in [0.05, 0.1) is 43.4 Å². The number of thiazole rings is 1. The van der Waals surface area contributed by atoms with Gasteiger partial charge in [0, 0.05) is 63.2 Å². The Hall–Kier alpha value is -4.15. The van der Waals surface area contributed by atoms with Crippen LogP contribution >= 0.6 is 11.3 Å². The first-order valence-electron chi connectivity index (χ1n) is 20.3. The zero-order chi connectivity index (χ0) is 40.4. The molecule has 0 saturated carbocycles. The molecule has 6 rings (SSSR count). The number of piperidine rings is 1. The summed E-state index contributed by atoms with van der Waals surface area (Å²) in [6, 6.07) is 8.96. The zero-order valence-electron chi connectivity index (χ0n) is 33.6. The number of fused-ring (bicyclic) bond motifs is 1. The first-order valence-corrected chi connectivity index (χ1v) is 21.1. The number of amides is 2. The lowest BCUT2D eigenvalue weighted by atomic mass is 9.89. The molecule has 4 heterocycles. The Labute approximate surface area is 339 Å². The van der Waals surface area contributed by atoms with Crippen molar-refractivity contribution in [2.24, 2.45) is 16.6 Å². The standard InChI is InChI=1S/C42H58FN7O6S/c1-4-49(19-16-45-15-10-31-8-9-34(51)39-40(31)55-26-35(44)47-39)37(52)12-22-54-21-11-30-6-5-7-32(38(30)43)25-48-17-13-42(14-18-48)28-50(20-23-56-42)41(53)33-27-57-36(46-33)24-29(2)3/h5-9,27,29,45,51H,4,10-26,28H2,1-3H3,(H2,44,47). The number of likely N-dealkylation sites (N-methyl/N-ethyl adjacent to an activating group) is 1. The number of phenols is 1. The van der Waals surface area contributed by atoms with E-state index in [9.17, 15) is 14.7 Å². The lowest BCUT2D eigenvalue weighted by molar-refractivity contribution is -0.132. The van der Waals surface area contributed by atoms with Crippen LogP contribution in [0.25, 0.3) is 0 Å². The van der Waals surface area contributed by atoms with Crippen molar-refractivity contribution in [1.82, 2.24) is 25.0 Å². The molecule has 2 aromatic carbocycles. The molecule has 1 aromatic heterocycles. The smallest absolute Gasteiger partial charge is 0.273 e. The molecule has 2 amide bonds. The number of rotatable bonds is 18. The first-order chi connectivity index (χ1) is 27.5. The maximum atomic E-state index is 15.7. The molecular weight excluding hydrogens is 750 g/mol. The molecule has 310 valence electrons. The molecule has 3 aromatic rings. The van der Waals surface area contributed by atoms with E-state index in [4.69, 9.17) is 19.9 Å². The highest BCUT2D eigenvalue weighted by Gasteiger charge is 2.41. The van der Waals surface area contributed by atoms with Gasteiger partial charge in [0.2, 0.25) is 5.91 Å². The van der Waals surface area contributed by atoms with Gasteiger partial charge in [-0.2, -0.15) is 0 Å². The highest BCUT2D eigenvalue weighted by Crippen LogP contribution is 2.41. The SMILES string of the molecule is CCN(CCNCCc1ccc(O)c2c1OCC(N)=N2)C(=O)CCOCCc1cccc(CN2CCC3(CC2)CN(C(=O)c2csc(CC(C)C)n2)CCO3)c1F. The molecule has 0 atom stereocenters. The second-order valence-corrected chi connectivity index (χ2v) is 16.5. The van der Waals surface area contributed by atoms with Crippen molar-refractivity contribution in [3.05, 3.63) is 68.9 Å². The molecule has 4 N–H and O–H groups in total. The van der Waals surface area contributed by atoms with E-state index in [1.807, 2.05) is 35.4 Å². The summed E-state index contributed by atoms with van der Waals surface area (Å²) in [5.41, 5.74) is 8.45. The number of ether oxygens (including phenoxy) is 3. The van der Waals surface area contributed by atoms with Gasteiger partial charge in [-0.05, 0) is 62.3 Å². The number of hydrogen-bond acceptors (Lipinski definition) is 12. The summed E-state index contributed by atoms with van der Waals surface area (Å²) in [5, 5.41) is 16.4. The average molecular weight is 808 g/mol. The number of morpholine rings is 1. The Morgan fingerprint density at radius 1 is 1.11 bits per heavy atom. The van der Waals surface area contributed by atoms with Crippen molar-refractivity contribution < 1.29 is 33.3 Å². The molecular formula is C42H58FN7O6S. The molecule has 1 spiro atoms. The Morgan fingerprint density at radius 3 is 2.70 bits per heavy atom. The minimum atomic E-state index is -0.385. The normalized spacial score (nSPS) is 16.7. The van der Waals surface area contributed by atoms with E-state index in [1.165, 1.54) is 0 Å². The van der Waals surface area contributed by atoms with Gasteiger partial charge in [0.15, 0.2) is 5.75 Å². The number of nitrogens with zero attached hydrogens (tertiary/aromatic N) is 5. The quantitative estimate of drug-likeness (QED) is 0.154. The third-order valence-electron chi connectivity index (χ3n) is 10.9. The van der Waals surface area contributed by atoms with E-state index < -0.39 is 0 Å². The lowest BCUT2D eigenvalue weighted by Crippen LogP contribution is -2.58. The summed E-state index contributed by atoms with van der Waals surface area (Å²) in [6.45, 7) is 13.1. The molecule has 2 saturated heterocycles. The number of phenolic OH excluding ortho intramolecular Hbond substituents is 1. The van der Waals surface area contributed by atoms with Gasteiger partial charge in [-0.1, -0.05) is 38.1 Å². The van der Waals surface area contributed by atoms with Gasteiger partial charge in [-0.15, -0.1) is 11.3 Å². The van der Waals surface area contributed by atoms with Crippen LogP contribution in [0.5, 0.6) is 11.5 Å². The molecule has 57 heavy (non-hydrogen) atoms. The number of likely N-dealkylation sites (tertiary alicyclic amines) is 1. The van der Waals surface area contributed by atoms with Crippen molar-refractivity contribution in [3.8, 4) is 11.5 Å². The Balaban J connectivity index is 0.873. The van der Waals surface area contributed by atoms with Crippen molar-refractivity contribution in [3.63, 3.8) is 0 Å². The average Bonchev–Trinajstić information content (AvgIpc) is 3.66. The Kier molecular flexibility index (Phi) is 14.9. The maximum absolute atomic E-state index is 15.7. The highest BCUT2D eigenvalue weighted by molar-refractivity contribution is 7.09. The van der Waals surface area contributed by atoms with Crippen LogP contribution in [0.1, 0.15) is 72.2 Å². The lowest BCUT2D eigenvalue weighted by Gasteiger charge is -2.47. The Morgan fingerprint density at radius 2 is 1.91 bits per heavy atom. The number of aromatic nitrogens is 1. The number of carbonyl (C=O) groups excluding carboxylic acids is 2. The van der Waals surface area contributed by atoms with Gasteiger partial charge in [0.25, 0.3) is 5.91 Å². The number of amidine groups is 1. The van der Waals surface area contributed by atoms with E-state index in [1.54, 1.807) is 28.4 Å². The van der Waals surface area contributed by atoms with Crippen molar-refractivity contribution in [1.29, 1.82) is 0 Å². The van der Waals surface area contributed by atoms with Gasteiger partial charge in [-0.3, -0.25) is 14.5 Å². The number of hydrogen-bond donors (Lipinski definition) is 3. The summed E-state index contributed by atoms with van der Waals surface area (Å²) in [4.78, 5) is 41.0. The number of nitrogens with one attached hydrogen (secondary N) is 1. The maximum Gasteiger partial charge on any atom is 0.273 e. The molecule has 2 fully saturated rings. The largest absolute Gasteiger partial charge is 0.506 e. The van der Waals surface area contributed by atoms with E-state index in [2.05, 4.69) is 34.0 Å². The minimum Gasteiger partial charge on any atom is -0.506 e. The number of aliphatic imine (C=N–C) groups is 1. The number of aromatic hydroxyl groups is 1. The van der Waals surface area contributed by atoms with Gasteiger partial charge in [-0.25, -0.2) is 14.4 Å². The molecule has 0 bridgehead atoms. The van der Waals surface area contributed by atoms with Gasteiger partial charge in [0.1, 0.15) is 35.4 Å². The number of halogens is 1. The van der Waals surface area contributed by atoms with Crippen LogP contribution in [0.3, 0.4) is 0 Å². The monoisotopic (exact) mass is 807 g/mol. The van der Waals surface area contributed by atoms with E-state index in [0.29, 0.717) is 112 Å². The topological polar surface area (TPSA) is 155 Å².